The second-order valence-electron chi connectivity index (χ2n) is 4.56. The minimum atomic E-state index is 0.697. The molecule has 1 aliphatic rings. The zero-order valence-corrected chi connectivity index (χ0v) is 9.50. The molecule has 1 fully saturated rings. The first-order chi connectivity index (χ1) is 7.34. The summed E-state index contributed by atoms with van der Waals surface area (Å²) in [6, 6.07) is 2.84. The van der Waals surface area contributed by atoms with Crippen LogP contribution in [0.15, 0.2) is 18.5 Å². The van der Waals surface area contributed by atoms with E-state index in [1.165, 1.54) is 31.4 Å². The van der Waals surface area contributed by atoms with Crippen molar-refractivity contribution >= 4 is 0 Å². The molecule has 0 amide bonds. The highest BCUT2D eigenvalue weighted by Crippen LogP contribution is 2.09. The van der Waals surface area contributed by atoms with Gasteiger partial charge in [0.05, 0.1) is 0 Å². The molecule has 2 N–H and O–H groups in total. The van der Waals surface area contributed by atoms with Gasteiger partial charge >= 0.3 is 0 Å². The Morgan fingerprint density at radius 1 is 1.47 bits per heavy atom. The average molecular weight is 207 g/mol. The molecule has 0 spiro atoms. The fraction of sp³-hybridized carbons (Fsp3) is 0.667. The topological polar surface area (TPSA) is 31.1 Å². The number of nitrogens with one attached hydrogen (secondary N) is 2. The summed E-state index contributed by atoms with van der Waals surface area (Å²) in [5, 5.41) is 3.58. The third-order valence-electron chi connectivity index (χ3n) is 3.06. The lowest BCUT2D eigenvalue weighted by Crippen LogP contribution is -2.42. The summed E-state index contributed by atoms with van der Waals surface area (Å²) in [6.07, 6.45) is 8.12. The molecule has 3 heteroatoms. The number of aromatic nitrogens is 1. The molecular weight excluding hydrogens is 186 g/mol. The van der Waals surface area contributed by atoms with Gasteiger partial charge in [-0.2, -0.15) is 0 Å². The quantitative estimate of drug-likeness (QED) is 0.785. The summed E-state index contributed by atoms with van der Waals surface area (Å²) in [5.74, 6) is 0. The highest BCUT2D eigenvalue weighted by atomic mass is 15.1. The minimum absolute atomic E-state index is 0.697. The number of H-pyrrole nitrogens is 1. The van der Waals surface area contributed by atoms with Gasteiger partial charge in [0.1, 0.15) is 0 Å². The van der Waals surface area contributed by atoms with E-state index < -0.39 is 0 Å². The van der Waals surface area contributed by atoms with Gasteiger partial charge in [0.2, 0.25) is 0 Å². The molecule has 1 atom stereocenters. The normalized spacial score (nSPS) is 22.1. The SMILES string of the molecule is CN(Cc1cc[nH]c1)CC1CCCCN1. The lowest BCUT2D eigenvalue weighted by molar-refractivity contribution is 0.256. The van der Waals surface area contributed by atoms with Crippen LogP contribution in [-0.2, 0) is 6.54 Å². The number of hydrogen-bond donors (Lipinski definition) is 2. The van der Waals surface area contributed by atoms with Crippen LogP contribution in [0.4, 0.5) is 0 Å². The third kappa shape index (κ3) is 3.36. The van der Waals surface area contributed by atoms with Gasteiger partial charge in [-0.05, 0) is 38.1 Å². The van der Waals surface area contributed by atoms with Crippen LogP contribution in [0, 0.1) is 0 Å². The third-order valence-corrected chi connectivity index (χ3v) is 3.06. The number of nitrogens with zero attached hydrogens (tertiary/aromatic N) is 1. The Morgan fingerprint density at radius 2 is 2.40 bits per heavy atom. The molecule has 1 aromatic heterocycles. The average Bonchev–Trinajstić information content (AvgIpc) is 2.71. The summed E-state index contributed by atoms with van der Waals surface area (Å²) in [5.41, 5.74) is 1.37. The van der Waals surface area contributed by atoms with Crippen LogP contribution in [0.2, 0.25) is 0 Å². The summed E-state index contributed by atoms with van der Waals surface area (Å²) < 4.78 is 0. The maximum atomic E-state index is 3.58. The molecule has 84 valence electrons. The van der Waals surface area contributed by atoms with Gasteiger partial charge in [0.25, 0.3) is 0 Å². The first kappa shape index (κ1) is 10.7. The molecule has 1 saturated heterocycles. The fourth-order valence-electron chi connectivity index (χ4n) is 2.29. The van der Waals surface area contributed by atoms with Gasteiger partial charge in [0.15, 0.2) is 0 Å². The van der Waals surface area contributed by atoms with Crippen molar-refractivity contribution in [3.05, 3.63) is 24.0 Å². The summed E-state index contributed by atoms with van der Waals surface area (Å²) in [7, 11) is 2.20. The molecule has 0 bridgehead atoms. The smallest absolute Gasteiger partial charge is 0.0246 e. The van der Waals surface area contributed by atoms with Crippen LogP contribution in [0.25, 0.3) is 0 Å². The van der Waals surface area contributed by atoms with Crippen LogP contribution in [0.1, 0.15) is 24.8 Å². The van der Waals surface area contributed by atoms with Gasteiger partial charge in [-0.3, -0.25) is 0 Å². The van der Waals surface area contributed by atoms with E-state index in [4.69, 9.17) is 0 Å². The van der Waals surface area contributed by atoms with Crippen LogP contribution >= 0.6 is 0 Å². The van der Waals surface area contributed by atoms with Crippen molar-refractivity contribution < 1.29 is 0 Å². The Bertz CT molecular complexity index is 262. The summed E-state index contributed by atoms with van der Waals surface area (Å²) in [4.78, 5) is 5.49. The number of hydrogen-bond acceptors (Lipinski definition) is 2. The van der Waals surface area contributed by atoms with Crippen molar-refractivity contribution in [3.63, 3.8) is 0 Å². The largest absolute Gasteiger partial charge is 0.367 e. The van der Waals surface area contributed by atoms with E-state index in [1.54, 1.807) is 0 Å². The monoisotopic (exact) mass is 207 g/mol. The van der Waals surface area contributed by atoms with Gasteiger partial charge in [0, 0.05) is 31.5 Å². The number of rotatable bonds is 4. The molecular formula is C12H21N3. The predicted octanol–water partition coefficient (Wildman–Crippen LogP) is 1.59. The Labute approximate surface area is 91.9 Å². The Balaban J connectivity index is 1.74. The first-order valence-corrected chi connectivity index (χ1v) is 5.88. The first-order valence-electron chi connectivity index (χ1n) is 5.88. The molecule has 1 aromatic rings. The molecule has 0 radical (unpaired) electrons. The van der Waals surface area contributed by atoms with Crippen molar-refractivity contribution in [1.82, 2.24) is 15.2 Å². The Kier molecular flexibility index (Phi) is 3.80. The van der Waals surface area contributed by atoms with Crippen molar-refractivity contribution in [1.29, 1.82) is 0 Å². The zero-order valence-electron chi connectivity index (χ0n) is 9.50. The minimum Gasteiger partial charge on any atom is -0.367 e. The van der Waals surface area contributed by atoms with Gasteiger partial charge < -0.3 is 15.2 Å². The van der Waals surface area contributed by atoms with E-state index >= 15 is 0 Å². The summed E-state index contributed by atoms with van der Waals surface area (Å²) in [6.45, 7) is 3.40. The number of aromatic amines is 1. The standard InChI is InChI=1S/C12H21N3/c1-15(9-11-5-7-13-8-11)10-12-4-2-3-6-14-12/h5,7-8,12-14H,2-4,6,9-10H2,1H3. The number of likely N-dealkylation sites (N-methyl/N-ethyl adjacent to an activating group) is 1. The molecule has 1 aliphatic heterocycles. The fourth-order valence-corrected chi connectivity index (χ4v) is 2.29. The highest BCUT2D eigenvalue weighted by Gasteiger charge is 2.14. The van der Waals surface area contributed by atoms with Gasteiger partial charge in [-0.15, -0.1) is 0 Å². The second kappa shape index (κ2) is 5.33. The Hall–Kier alpha value is -0.800. The molecule has 0 aromatic carbocycles. The molecule has 3 nitrogen and oxygen atoms in total. The lowest BCUT2D eigenvalue weighted by atomic mass is 10.0. The highest BCUT2D eigenvalue weighted by molar-refractivity contribution is 5.07. The van der Waals surface area contributed by atoms with Crippen LogP contribution < -0.4 is 5.32 Å². The van der Waals surface area contributed by atoms with Crippen molar-refractivity contribution in [2.24, 2.45) is 0 Å². The molecule has 2 rings (SSSR count). The predicted molar refractivity (Wildman–Crippen MR) is 62.8 cm³/mol. The van der Waals surface area contributed by atoms with Crippen molar-refractivity contribution in [3.8, 4) is 0 Å². The summed E-state index contributed by atoms with van der Waals surface area (Å²) >= 11 is 0. The molecule has 0 saturated carbocycles. The van der Waals surface area contributed by atoms with E-state index in [-0.39, 0.29) is 0 Å². The van der Waals surface area contributed by atoms with Crippen molar-refractivity contribution in [2.45, 2.75) is 31.8 Å². The van der Waals surface area contributed by atoms with E-state index in [0.29, 0.717) is 6.04 Å². The Morgan fingerprint density at radius 3 is 3.07 bits per heavy atom. The van der Waals surface area contributed by atoms with Gasteiger partial charge in [-0.1, -0.05) is 6.42 Å². The van der Waals surface area contributed by atoms with Crippen LogP contribution in [0.5, 0.6) is 0 Å². The van der Waals surface area contributed by atoms with E-state index in [1.807, 2.05) is 6.20 Å². The maximum Gasteiger partial charge on any atom is 0.0246 e. The van der Waals surface area contributed by atoms with E-state index in [2.05, 4.69) is 34.5 Å². The number of piperidine rings is 1. The molecule has 15 heavy (non-hydrogen) atoms. The molecule has 2 heterocycles. The zero-order chi connectivity index (χ0) is 10.5. The van der Waals surface area contributed by atoms with Crippen LogP contribution in [-0.4, -0.2) is 36.1 Å². The van der Waals surface area contributed by atoms with E-state index in [0.717, 1.165) is 13.1 Å². The maximum absolute atomic E-state index is 3.58. The second-order valence-corrected chi connectivity index (χ2v) is 4.56. The van der Waals surface area contributed by atoms with Gasteiger partial charge in [-0.25, -0.2) is 0 Å². The molecule has 0 aliphatic carbocycles. The van der Waals surface area contributed by atoms with E-state index in [9.17, 15) is 0 Å². The van der Waals surface area contributed by atoms with Crippen molar-refractivity contribution in [2.75, 3.05) is 20.1 Å². The molecule has 1 unspecified atom stereocenters. The lowest BCUT2D eigenvalue weighted by Gasteiger charge is -2.28. The van der Waals surface area contributed by atoms with Crippen LogP contribution in [0.3, 0.4) is 0 Å².